The second kappa shape index (κ2) is 9.12. The first-order valence-corrected chi connectivity index (χ1v) is 11.6. The van der Waals surface area contributed by atoms with E-state index in [0.717, 1.165) is 18.4 Å². The van der Waals surface area contributed by atoms with Gasteiger partial charge in [0, 0.05) is 44.5 Å². The number of amides is 2. The third-order valence-electron chi connectivity index (χ3n) is 6.03. The first kappa shape index (κ1) is 22.0. The molecule has 0 spiro atoms. The molecule has 166 valence electrons. The third-order valence-corrected chi connectivity index (χ3v) is 6.95. The van der Waals surface area contributed by atoms with Gasteiger partial charge < -0.3 is 15.5 Å². The summed E-state index contributed by atoms with van der Waals surface area (Å²) in [6, 6.07) is 14.2. The minimum atomic E-state index is -0.657. The van der Waals surface area contributed by atoms with Gasteiger partial charge in [0.05, 0.1) is 16.7 Å². The van der Waals surface area contributed by atoms with Crippen molar-refractivity contribution in [1.82, 2.24) is 14.8 Å². The lowest BCUT2D eigenvalue weighted by Gasteiger charge is -2.43. The summed E-state index contributed by atoms with van der Waals surface area (Å²) in [7, 11) is 3.57. The lowest BCUT2D eigenvalue weighted by Crippen LogP contribution is -2.54. The van der Waals surface area contributed by atoms with Crippen LogP contribution in [0.2, 0.25) is 0 Å². The molecule has 32 heavy (non-hydrogen) atoms. The van der Waals surface area contributed by atoms with Crippen molar-refractivity contribution in [3.8, 4) is 10.4 Å². The molecule has 6 nitrogen and oxygen atoms in total. The summed E-state index contributed by atoms with van der Waals surface area (Å²) in [4.78, 5) is 35.3. The standard InChI is InChI=1S/C25H28N4O2S/c1-28(2)24(31)25(14-18-6-8-19(9-7-18)22-5-3-12-32-22)10-4-11-29(17-25)23(30)20-13-21(26)16-27-15-20/h3,5-9,12-13,15-16H,4,10-11,14,17,26H2,1-2H3/t25-/m0/s1. The number of thiophene rings is 1. The number of carbonyl (C=O) groups excluding carboxylic acids is 2. The highest BCUT2D eigenvalue weighted by Crippen LogP contribution is 2.37. The summed E-state index contributed by atoms with van der Waals surface area (Å²) in [5.74, 6) is -0.0727. The number of piperidine rings is 1. The minimum Gasteiger partial charge on any atom is -0.397 e. The lowest BCUT2D eigenvalue weighted by molar-refractivity contribution is -0.142. The van der Waals surface area contributed by atoms with Crippen LogP contribution >= 0.6 is 11.3 Å². The van der Waals surface area contributed by atoms with Crippen LogP contribution in [-0.4, -0.2) is 53.8 Å². The molecule has 2 aromatic heterocycles. The van der Waals surface area contributed by atoms with E-state index in [-0.39, 0.29) is 11.8 Å². The van der Waals surface area contributed by atoms with Gasteiger partial charge in [-0.25, -0.2) is 0 Å². The summed E-state index contributed by atoms with van der Waals surface area (Å²) in [6.07, 6.45) is 5.16. The van der Waals surface area contributed by atoms with E-state index in [1.165, 1.54) is 22.8 Å². The van der Waals surface area contributed by atoms with Crippen molar-refractivity contribution in [2.24, 2.45) is 5.41 Å². The molecule has 1 atom stereocenters. The number of carbonyl (C=O) groups is 2. The van der Waals surface area contributed by atoms with E-state index in [4.69, 9.17) is 5.73 Å². The number of hydrogen-bond acceptors (Lipinski definition) is 5. The van der Waals surface area contributed by atoms with Gasteiger partial charge in [0.15, 0.2) is 0 Å². The lowest BCUT2D eigenvalue weighted by atomic mass is 9.73. The Kier molecular flexibility index (Phi) is 6.28. The molecule has 0 unspecified atom stereocenters. The number of nitrogens with two attached hydrogens (primary N) is 1. The molecule has 3 aromatic rings. The SMILES string of the molecule is CN(C)C(=O)[C@]1(Cc2ccc(-c3cccs3)cc2)CCCN(C(=O)c2cncc(N)c2)C1. The molecule has 0 bridgehead atoms. The van der Waals surface area contributed by atoms with Crippen molar-refractivity contribution in [3.63, 3.8) is 0 Å². The van der Waals surface area contributed by atoms with Gasteiger partial charge in [0.1, 0.15) is 0 Å². The molecule has 7 heteroatoms. The number of aromatic nitrogens is 1. The van der Waals surface area contributed by atoms with Crippen molar-refractivity contribution < 1.29 is 9.59 Å². The van der Waals surface area contributed by atoms with Crippen LogP contribution in [0.5, 0.6) is 0 Å². The average Bonchev–Trinajstić information content (AvgIpc) is 3.33. The van der Waals surface area contributed by atoms with E-state index >= 15 is 0 Å². The first-order chi connectivity index (χ1) is 15.4. The molecule has 0 radical (unpaired) electrons. The maximum absolute atomic E-state index is 13.4. The normalized spacial score (nSPS) is 18.4. The van der Waals surface area contributed by atoms with E-state index < -0.39 is 5.41 Å². The average molecular weight is 449 g/mol. The maximum Gasteiger partial charge on any atom is 0.255 e. The predicted octanol–water partition coefficient (Wildman–Crippen LogP) is 3.95. The van der Waals surface area contributed by atoms with Crippen molar-refractivity contribution in [2.45, 2.75) is 19.3 Å². The van der Waals surface area contributed by atoms with Gasteiger partial charge in [-0.3, -0.25) is 14.6 Å². The molecule has 1 aliphatic rings. The quantitative estimate of drug-likeness (QED) is 0.641. The Labute approximate surface area is 192 Å². The van der Waals surface area contributed by atoms with Crippen molar-refractivity contribution in [1.29, 1.82) is 0 Å². The zero-order valence-corrected chi connectivity index (χ0v) is 19.3. The molecular formula is C25H28N4O2S. The summed E-state index contributed by atoms with van der Waals surface area (Å²) < 4.78 is 0. The zero-order valence-electron chi connectivity index (χ0n) is 18.5. The van der Waals surface area contributed by atoms with E-state index in [0.29, 0.717) is 30.8 Å². The van der Waals surface area contributed by atoms with Gasteiger partial charge in [-0.15, -0.1) is 11.3 Å². The van der Waals surface area contributed by atoms with Crippen molar-refractivity contribution in [2.75, 3.05) is 32.9 Å². The Bertz CT molecular complexity index is 1100. The Morgan fingerprint density at radius 1 is 1.19 bits per heavy atom. The maximum atomic E-state index is 13.4. The minimum absolute atomic E-state index is 0.0584. The van der Waals surface area contributed by atoms with Crippen LogP contribution in [0, 0.1) is 5.41 Å². The largest absolute Gasteiger partial charge is 0.397 e. The molecule has 0 aliphatic carbocycles. The summed E-state index contributed by atoms with van der Waals surface area (Å²) in [5, 5.41) is 2.07. The molecule has 2 N–H and O–H groups in total. The third kappa shape index (κ3) is 4.53. The van der Waals surface area contributed by atoms with E-state index in [9.17, 15) is 9.59 Å². The highest BCUT2D eigenvalue weighted by atomic mass is 32.1. The van der Waals surface area contributed by atoms with Crippen LogP contribution in [0.1, 0.15) is 28.8 Å². The molecule has 2 amide bonds. The number of likely N-dealkylation sites (tertiary alicyclic amines) is 1. The Balaban J connectivity index is 1.60. The molecule has 4 rings (SSSR count). The highest BCUT2D eigenvalue weighted by Gasteiger charge is 2.44. The predicted molar refractivity (Wildman–Crippen MR) is 128 cm³/mol. The number of anilines is 1. The summed E-state index contributed by atoms with van der Waals surface area (Å²) >= 11 is 1.71. The second-order valence-electron chi connectivity index (χ2n) is 8.67. The van der Waals surface area contributed by atoms with Crippen molar-refractivity contribution >= 4 is 28.8 Å². The van der Waals surface area contributed by atoms with Crippen LogP contribution in [0.4, 0.5) is 5.69 Å². The number of benzene rings is 1. The molecule has 1 aliphatic heterocycles. The monoisotopic (exact) mass is 448 g/mol. The van der Waals surface area contributed by atoms with Gasteiger partial charge in [-0.2, -0.15) is 0 Å². The number of rotatable bonds is 5. The van der Waals surface area contributed by atoms with Crippen LogP contribution in [0.25, 0.3) is 10.4 Å². The Morgan fingerprint density at radius 2 is 1.97 bits per heavy atom. The summed E-state index contributed by atoms with van der Waals surface area (Å²) in [5.41, 5.74) is 8.35. The van der Waals surface area contributed by atoms with E-state index in [1.807, 2.05) is 6.07 Å². The topological polar surface area (TPSA) is 79.5 Å². The summed E-state index contributed by atoms with van der Waals surface area (Å²) in [6.45, 7) is 0.998. The molecule has 1 fully saturated rings. The fraction of sp³-hybridized carbons (Fsp3) is 0.320. The first-order valence-electron chi connectivity index (χ1n) is 10.7. The molecular weight excluding hydrogens is 420 g/mol. The fourth-order valence-electron chi connectivity index (χ4n) is 4.55. The van der Waals surface area contributed by atoms with Crippen LogP contribution < -0.4 is 5.73 Å². The van der Waals surface area contributed by atoms with Crippen LogP contribution in [0.3, 0.4) is 0 Å². The number of nitrogen functional groups attached to an aromatic ring is 1. The Hall–Kier alpha value is -3.19. The second-order valence-corrected chi connectivity index (χ2v) is 9.62. The number of nitrogens with zero attached hydrogens (tertiary/aromatic N) is 3. The molecule has 0 saturated carbocycles. The highest BCUT2D eigenvalue weighted by molar-refractivity contribution is 7.13. The molecule has 3 heterocycles. The van der Waals surface area contributed by atoms with Gasteiger partial charge in [-0.1, -0.05) is 30.3 Å². The fourth-order valence-corrected chi connectivity index (χ4v) is 5.28. The van der Waals surface area contributed by atoms with E-state index in [2.05, 4.69) is 40.7 Å². The molecule has 1 saturated heterocycles. The number of hydrogen-bond donors (Lipinski definition) is 1. The van der Waals surface area contributed by atoms with Gasteiger partial charge in [0.2, 0.25) is 5.91 Å². The van der Waals surface area contributed by atoms with Crippen LogP contribution in [0.15, 0.2) is 60.2 Å². The van der Waals surface area contributed by atoms with Crippen molar-refractivity contribution in [3.05, 3.63) is 71.4 Å². The number of pyridine rings is 1. The van der Waals surface area contributed by atoms with Gasteiger partial charge in [-0.05, 0) is 47.9 Å². The zero-order chi connectivity index (χ0) is 22.7. The van der Waals surface area contributed by atoms with Gasteiger partial charge >= 0.3 is 0 Å². The smallest absolute Gasteiger partial charge is 0.255 e. The molecule has 1 aromatic carbocycles. The Morgan fingerprint density at radius 3 is 2.62 bits per heavy atom. The van der Waals surface area contributed by atoms with Gasteiger partial charge in [0.25, 0.3) is 5.91 Å². The van der Waals surface area contributed by atoms with Crippen LogP contribution in [-0.2, 0) is 11.2 Å². The van der Waals surface area contributed by atoms with E-state index in [1.54, 1.807) is 41.3 Å².